The Balaban J connectivity index is 2.08. The molecule has 0 fully saturated rings. The Hall–Kier alpha value is -2.47. The molecular formula is C16H20N6. The van der Waals surface area contributed by atoms with Crippen LogP contribution in [0.3, 0.4) is 0 Å². The molecule has 3 rings (SSSR count). The zero-order valence-electron chi connectivity index (χ0n) is 12.9. The second-order valence-corrected chi connectivity index (χ2v) is 5.28. The van der Waals surface area contributed by atoms with E-state index >= 15 is 0 Å². The first kappa shape index (κ1) is 14.5. The predicted octanol–water partition coefficient (Wildman–Crippen LogP) is 2.17. The number of aryl methyl sites for hydroxylation is 1. The topological polar surface area (TPSA) is 81.1 Å². The quantitative estimate of drug-likeness (QED) is 0.705. The Morgan fingerprint density at radius 3 is 2.91 bits per heavy atom. The van der Waals surface area contributed by atoms with E-state index in [2.05, 4.69) is 27.3 Å². The molecule has 0 saturated carbocycles. The molecule has 0 atom stereocenters. The number of nitrogens with two attached hydrogens (primary N) is 1. The summed E-state index contributed by atoms with van der Waals surface area (Å²) in [4.78, 5) is 8.78. The number of fused-ring (bicyclic) bond motifs is 1. The van der Waals surface area contributed by atoms with E-state index < -0.39 is 0 Å². The highest BCUT2D eigenvalue weighted by molar-refractivity contribution is 5.66. The summed E-state index contributed by atoms with van der Waals surface area (Å²) in [6, 6.07) is 5.89. The maximum atomic E-state index is 5.57. The summed E-state index contributed by atoms with van der Waals surface area (Å²) in [6.07, 6.45) is 4.48. The zero-order valence-corrected chi connectivity index (χ0v) is 12.9. The third kappa shape index (κ3) is 2.65. The van der Waals surface area contributed by atoms with Crippen molar-refractivity contribution >= 4 is 11.5 Å². The van der Waals surface area contributed by atoms with Gasteiger partial charge in [-0.25, -0.2) is 4.98 Å². The molecule has 0 radical (unpaired) electrons. The lowest BCUT2D eigenvalue weighted by atomic mass is 10.2. The van der Waals surface area contributed by atoms with Crippen LogP contribution < -0.4 is 11.1 Å². The van der Waals surface area contributed by atoms with E-state index in [0.717, 1.165) is 46.9 Å². The van der Waals surface area contributed by atoms with Crippen molar-refractivity contribution in [1.29, 1.82) is 0 Å². The van der Waals surface area contributed by atoms with E-state index in [1.165, 1.54) is 0 Å². The molecule has 3 N–H and O–H groups in total. The maximum absolute atomic E-state index is 5.57. The minimum absolute atomic E-state index is 0.666. The molecule has 0 saturated heterocycles. The molecule has 3 aromatic heterocycles. The van der Waals surface area contributed by atoms with Crippen molar-refractivity contribution in [3.8, 4) is 11.3 Å². The lowest BCUT2D eigenvalue weighted by Gasteiger charge is -2.12. The molecule has 0 bridgehead atoms. The number of rotatable bonds is 5. The van der Waals surface area contributed by atoms with Gasteiger partial charge in [-0.1, -0.05) is 0 Å². The summed E-state index contributed by atoms with van der Waals surface area (Å²) in [5.74, 6) is 0.978. The predicted molar refractivity (Wildman–Crippen MR) is 87.9 cm³/mol. The first-order valence-corrected chi connectivity index (χ1v) is 7.42. The lowest BCUT2D eigenvalue weighted by molar-refractivity contribution is 0.846. The Labute approximate surface area is 129 Å². The van der Waals surface area contributed by atoms with Crippen LogP contribution in [0, 0.1) is 13.8 Å². The minimum atomic E-state index is 0.666. The Morgan fingerprint density at radius 1 is 1.32 bits per heavy atom. The van der Waals surface area contributed by atoms with Crippen LogP contribution in [0.1, 0.15) is 17.7 Å². The molecule has 6 heteroatoms. The number of hydrogen-bond acceptors (Lipinski definition) is 5. The van der Waals surface area contributed by atoms with Gasteiger partial charge in [0.05, 0.1) is 5.69 Å². The van der Waals surface area contributed by atoms with E-state index in [0.29, 0.717) is 6.54 Å². The van der Waals surface area contributed by atoms with Crippen LogP contribution in [0.4, 0.5) is 5.82 Å². The van der Waals surface area contributed by atoms with Gasteiger partial charge in [0.15, 0.2) is 5.65 Å². The van der Waals surface area contributed by atoms with Crippen molar-refractivity contribution in [2.45, 2.75) is 20.3 Å². The van der Waals surface area contributed by atoms with E-state index in [4.69, 9.17) is 5.73 Å². The number of aromatic nitrogens is 4. The normalized spacial score (nSPS) is 11.0. The van der Waals surface area contributed by atoms with Gasteiger partial charge < -0.3 is 11.1 Å². The van der Waals surface area contributed by atoms with Crippen LogP contribution in [-0.4, -0.2) is 32.7 Å². The van der Waals surface area contributed by atoms with Gasteiger partial charge in [-0.05, 0) is 38.9 Å². The first-order chi connectivity index (χ1) is 10.7. The van der Waals surface area contributed by atoms with Crippen molar-refractivity contribution in [2.24, 2.45) is 5.73 Å². The summed E-state index contributed by atoms with van der Waals surface area (Å²) in [5.41, 5.74) is 10.4. The summed E-state index contributed by atoms with van der Waals surface area (Å²) in [7, 11) is 0. The molecular weight excluding hydrogens is 276 g/mol. The van der Waals surface area contributed by atoms with Crippen molar-refractivity contribution in [1.82, 2.24) is 19.6 Å². The largest absolute Gasteiger partial charge is 0.370 e. The molecule has 0 amide bonds. The van der Waals surface area contributed by atoms with E-state index in [1.807, 2.05) is 35.8 Å². The van der Waals surface area contributed by atoms with Crippen LogP contribution in [0.5, 0.6) is 0 Å². The van der Waals surface area contributed by atoms with Crippen molar-refractivity contribution < 1.29 is 0 Å². The van der Waals surface area contributed by atoms with Crippen molar-refractivity contribution in [3.63, 3.8) is 0 Å². The molecule has 3 aromatic rings. The smallest absolute Gasteiger partial charge is 0.158 e. The average molecular weight is 296 g/mol. The second-order valence-electron chi connectivity index (χ2n) is 5.28. The summed E-state index contributed by atoms with van der Waals surface area (Å²) >= 11 is 0. The monoisotopic (exact) mass is 296 g/mol. The Kier molecular flexibility index (Phi) is 4.02. The fourth-order valence-corrected chi connectivity index (χ4v) is 2.37. The van der Waals surface area contributed by atoms with Gasteiger partial charge in [0.25, 0.3) is 0 Å². The highest BCUT2D eigenvalue weighted by atomic mass is 15.3. The number of anilines is 1. The van der Waals surface area contributed by atoms with Gasteiger partial charge in [-0.2, -0.15) is 9.61 Å². The van der Waals surface area contributed by atoms with Crippen LogP contribution in [-0.2, 0) is 0 Å². The highest BCUT2D eigenvalue weighted by Crippen LogP contribution is 2.23. The third-order valence-electron chi connectivity index (χ3n) is 3.71. The Bertz CT molecular complexity index is 778. The summed E-state index contributed by atoms with van der Waals surface area (Å²) in [5, 5.41) is 8.11. The lowest BCUT2D eigenvalue weighted by Crippen LogP contribution is -2.13. The zero-order chi connectivity index (χ0) is 15.5. The first-order valence-electron chi connectivity index (χ1n) is 7.42. The minimum Gasteiger partial charge on any atom is -0.370 e. The third-order valence-corrected chi connectivity index (χ3v) is 3.71. The summed E-state index contributed by atoms with van der Waals surface area (Å²) < 4.78 is 1.86. The van der Waals surface area contributed by atoms with Gasteiger partial charge in [-0.3, -0.25) is 4.98 Å². The van der Waals surface area contributed by atoms with Crippen molar-refractivity contribution in [3.05, 3.63) is 41.9 Å². The van der Waals surface area contributed by atoms with Crippen LogP contribution >= 0.6 is 0 Å². The number of nitrogens with one attached hydrogen (secondary N) is 1. The van der Waals surface area contributed by atoms with E-state index in [1.54, 1.807) is 6.20 Å². The molecule has 0 unspecified atom stereocenters. The molecule has 0 spiro atoms. The maximum Gasteiger partial charge on any atom is 0.158 e. The second kappa shape index (κ2) is 6.11. The van der Waals surface area contributed by atoms with Crippen LogP contribution in [0.25, 0.3) is 16.9 Å². The molecule has 0 aliphatic rings. The molecule has 0 aliphatic heterocycles. The number of hydrogen-bond donors (Lipinski definition) is 2. The van der Waals surface area contributed by atoms with E-state index in [-0.39, 0.29) is 0 Å². The average Bonchev–Trinajstić information content (AvgIpc) is 2.95. The van der Waals surface area contributed by atoms with E-state index in [9.17, 15) is 0 Å². The number of nitrogens with zero attached hydrogens (tertiary/aromatic N) is 4. The van der Waals surface area contributed by atoms with Gasteiger partial charge >= 0.3 is 0 Å². The SMILES string of the molecule is Cc1nc2cc(-c3cccnc3)nn2c(NCCCN)c1C. The fourth-order valence-electron chi connectivity index (χ4n) is 2.37. The Morgan fingerprint density at radius 2 is 2.18 bits per heavy atom. The van der Waals surface area contributed by atoms with Crippen LogP contribution in [0.15, 0.2) is 30.6 Å². The standard InChI is InChI=1S/C16H20N6/c1-11-12(2)20-15-9-14(13-5-3-7-18-10-13)21-22(15)16(11)19-8-4-6-17/h3,5,7,9-10,19H,4,6,8,17H2,1-2H3. The molecule has 0 aromatic carbocycles. The molecule has 6 nitrogen and oxygen atoms in total. The number of pyridine rings is 1. The highest BCUT2D eigenvalue weighted by Gasteiger charge is 2.13. The van der Waals surface area contributed by atoms with Gasteiger partial charge in [0.1, 0.15) is 5.82 Å². The van der Waals surface area contributed by atoms with Crippen molar-refractivity contribution in [2.75, 3.05) is 18.4 Å². The van der Waals surface area contributed by atoms with Gasteiger partial charge in [-0.15, -0.1) is 0 Å². The molecule has 22 heavy (non-hydrogen) atoms. The molecule has 3 heterocycles. The summed E-state index contributed by atoms with van der Waals surface area (Å²) in [6.45, 7) is 5.55. The molecule has 114 valence electrons. The van der Waals surface area contributed by atoms with Crippen LogP contribution in [0.2, 0.25) is 0 Å². The molecule has 0 aliphatic carbocycles. The fraction of sp³-hybridized carbons (Fsp3) is 0.312. The van der Waals surface area contributed by atoms with Gasteiger partial charge in [0.2, 0.25) is 0 Å². The van der Waals surface area contributed by atoms with Gasteiger partial charge in [0, 0.05) is 41.8 Å².